The second kappa shape index (κ2) is 9.34. The van der Waals surface area contributed by atoms with Crippen molar-refractivity contribution in [1.29, 1.82) is 0 Å². The van der Waals surface area contributed by atoms with E-state index in [0.29, 0.717) is 5.75 Å². The first-order valence-electron chi connectivity index (χ1n) is 11.9. The Bertz CT molecular complexity index is 1660. The second-order valence-corrected chi connectivity index (χ2v) is 9.16. The summed E-state index contributed by atoms with van der Waals surface area (Å²) in [5, 5.41) is 4.88. The Kier molecular flexibility index (Phi) is 6.06. The van der Waals surface area contributed by atoms with Crippen molar-refractivity contribution in [3.05, 3.63) is 95.4 Å². The minimum absolute atomic E-state index is 0.218. The number of carbonyl (C=O) groups excluding carboxylic acids is 1. The second-order valence-electron chi connectivity index (χ2n) is 9.16. The van der Waals surface area contributed by atoms with E-state index >= 15 is 0 Å². The molecule has 0 aliphatic rings. The zero-order chi connectivity index (χ0) is 25.4. The summed E-state index contributed by atoms with van der Waals surface area (Å²) in [4.78, 5) is 17.6. The molecule has 1 amide bonds. The lowest BCUT2D eigenvalue weighted by Crippen LogP contribution is -2.09. The lowest BCUT2D eigenvalue weighted by atomic mass is 9.96. The summed E-state index contributed by atoms with van der Waals surface area (Å²) in [5.74, 6) is 0.430. The third-order valence-electron chi connectivity index (χ3n) is 6.47. The molecule has 1 N–H and O–H groups in total. The third-order valence-corrected chi connectivity index (χ3v) is 6.47. The van der Waals surface area contributed by atoms with Gasteiger partial charge in [-0.1, -0.05) is 29.8 Å². The summed E-state index contributed by atoms with van der Waals surface area (Å²) in [6, 6.07) is 19.9. The topological polar surface area (TPSA) is 64.4 Å². The number of anilines is 1. The summed E-state index contributed by atoms with van der Waals surface area (Å²) in [6.45, 7) is 8.05. The first-order valence-corrected chi connectivity index (χ1v) is 11.9. The normalized spacial score (nSPS) is 11.8. The maximum atomic E-state index is 13.0. The molecule has 0 aliphatic heterocycles. The molecule has 0 radical (unpaired) electrons. The molecule has 0 saturated carbocycles. The highest BCUT2D eigenvalue weighted by molar-refractivity contribution is 6.09. The van der Waals surface area contributed by atoms with Crippen LogP contribution < -0.4 is 10.1 Å². The number of aryl methyl sites for hydroxylation is 3. The molecule has 5 aromatic rings. The number of carbonyl (C=O) groups is 1. The first-order chi connectivity index (χ1) is 17.3. The molecular formula is C31H28N2O3. The van der Waals surface area contributed by atoms with Crippen molar-refractivity contribution in [3.8, 4) is 16.9 Å². The first kappa shape index (κ1) is 23.4. The van der Waals surface area contributed by atoms with E-state index in [2.05, 4.69) is 42.3 Å². The van der Waals surface area contributed by atoms with Gasteiger partial charge in [-0.15, -0.1) is 0 Å². The van der Waals surface area contributed by atoms with E-state index in [1.54, 1.807) is 19.4 Å². The number of furan rings is 1. The van der Waals surface area contributed by atoms with Gasteiger partial charge in [0.2, 0.25) is 5.91 Å². The molecule has 5 rings (SSSR count). The number of aromatic nitrogens is 1. The molecule has 0 aliphatic carbocycles. The fourth-order valence-electron chi connectivity index (χ4n) is 4.67. The maximum Gasteiger partial charge on any atom is 0.248 e. The van der Waals surface area contributed by atoms with Gasteiger partial charge in [-0.05, 0) is 74.7 Å². The number of fused-ring (bicyclic) bond motifs is 2. The highest BCUT2D eigenvalue weighted by atomic mass is 16.5. The molecule has 180 valence electrons. The molecule has 2 aromatic heterocycles. The molecule has 0 saturated heterocycles. The number of rotatable bonds is 5. The standard InChI is InChI=1S/C31H28N2O3/c1-18-9-11-22(19(2)13-18)26-17-36-30-16-29(35-5)24(15-25(26)30)20(3)14-31(34)33-28-8-6-7-27-23(28)12-10-21(4)32-27/h6-17H,1-5H3,(H,33,34)/b20-14+. The molecule has 5 heteroatoms. The van der Waals surface area contributed by atoms with Gasteiger partial charge in [-0.3, -0.25) is 9.78 Å². The zero-order valence-electron chi connectivity index (χ0n) is 21.1. The average Bonchev–Trinajstić information content (AvgIpc) is 3.25. The van der Waals surface area contributed by atoms with Crippen LogP contribution in [0.5, 0.6) is 5.75 Å². The van der Waals surface area contributed by atoms with Crippen molar-refractivity contribution < 1.29 is 13.9 Å². The van der Waals surface area contributed by atoms with Crippen LogP contribution in [0.2, 0.25) is 0 Å². The number of nitrogens with one attached hydrogen (secondary N) is 1. The predicted octanol–water partition coefficient (Wildman–Crippen LogP) is 7.62. The molecule has 0 bridgehead atoms. The van der Waals surface area contributed by atoms with Crippen LogP contribution in [0.25, 0.3) is 38.6 Å². The molecule has 2 heterocycles. The number of nitrogens with zero attached hydrogens (tertiary/aromatic N) is 1. The van der Waals surface area contributed by atoms with E-state index in [9.17, 15) is 4.79 Å². The maximum absolute atomic E-state index is 13.0. The molecule has 0 fully saturated rings. The summed E-state index contributed by atoms with van der Waals surface area (Å²) >= 11 is 0. The third kappa shape index (κ3) is 4.36. The fourth-order valence-corrected chi connectivity index (χ4v) is 4.67. The van der Waals surface area contributed by atoms with Gasteiger partial charge in [0.25, 0.3) is 0 Å². The molecule has 5 nitrogen and oxygen atoms in total. The summed E-state index contributed by atoms with van der Waals surface area (Å²) in [6.07, 6.45) is 3.38. The SMILES string of the molecule is COc1cc2occ(-c3ccc(C)cc3C)c2cc1/C(C)=C/C(=O)Nc1cccc2nc(C)ccc12. The van der Waals surface area contributed by atoms with Crippen LogP contribution in [0.4, 0.5) is 5.69 Å². The summed E-state index contributed by atoms with van der Waals surface area (Å²) in [5.41, 5.74) is 9.40. The number of pyridine rings is 1. The fraction of sp³-hybridized carbons (Fsp3) is 0.161. The van der Waals surface area contributed by atoms with E-state index in [1.807, 2.05) is 56.3 Å². The molecule has 3 aromatic carbocycles. The Morgan fingerprint density at radius 2 is 1.81 bits per heavy atom. The molecule has 0 spiro atoms. The van der Waals surface area contributed by atoms with Gasteiger partial charge in [0.1, 0.15) is 11.3 Å². The van der Waals surface area contributed by atoms with E-state index < -0.39 is 0 Å². The lowest BCUT2D eigenvalue weighted by Gasteiger charge is -2.11. The van der Waals surface area contributed by atoms with E-state index in [0.717, 1.165) is 55.5 Å². The van der Waals surface area contributed by atoms with Crippen molar-refractivity contribution in [2.24, 2.45) is 0 Å². The number of hydrogen-bond donors (Lipinski definition) is 1. The van der Waals surface area contributed by atoms with Gasteiger partial charge in [-0.2, -0.15) is 0 Å². The van der Waals surface area contributed by atoms with Gasteiger partial charge in [0.05, 0.1) is 24.6 Å². The molecule has 0 atom stereocenters. The van der Waals surface area contributed by atoms with Crippen LogP contribution in [0.3, 0.4) is 0 Å². The monoisotopic (exact) mass is 476 g/mol. The van der Waals surface area contributed by atoms with Gasteiger partial charge in [0, 0.05) is 39.7 Å². The molecule has 0 unspecified atom stereocenters. The van der Waals surface area contributed by atoms with Crippen molar-refractivity contribution in [3.63, 3.8) is 0 Å². The van der Waals surface area contributed by atoms with Crippen LogP contribution in [0.15, 0.2) is 77.4 Å². The average molecular weight is 477 g/mol. The van der Waals surface area contributed by atoms with Gasteiger partial charge in [-0.25, -0.2) is 0 Å². The van der Waals surface area contributed by atoms with Crippen molar-refractivity contribution in [2.75, 3.05) is 12.4 Å². The number of amides is 1. The summed E-state index contributed by atoms with van der Waals surface area (Å²) < 4.78 is 11.5. The smallest absolute Gasteiger partial charge is 0.248 e. The summed E-state index contributed by atoms with van der Waals surface area (Å²) in [7, 11) is 1.62. The van der Waals surface area contributed by atoms with Crippen LogP contribution in [-0.4, -0.2) is 18.0 Å². The largest absolute Gasteiger partial charge is 0.496 e. The van der Waals surface area contributed by atoms with Crippen LogP contribution in [-0.2, 0) is 4.79 Å². The Hall–Kier alpha value is -4.38. The van der Waals surface area contributed by atoms with Crippen LogP contribution in [0, 0.1) is 20.8 Å². The van der Waals surface area contributed by atoms with Crippen molar-refractivity contribution in [1.82, 2.24) is 4.98 Å². The number of ether oxygens (including phenoxy) is 1. The number of methoxy groups -OCH3 is 1. The van der Waals surface area contributed by atoms with Crippen LogP contribution in [0.1, 0.15) is 29.3 Å². The Labute approximate surface area is 210 Å². The van der Waals surface area contributed by atoms with Gasteiger partial charge < -0.3 is 14.5 Å². The van der Waals surface area contributed by atoms with E-state index in [-0.39, 0.29) is 5.91 Å². The number of hydrogen-bond acceptors (Lipinski definition) is 4. The lowest BCUT2D eigenvalue weighted by molar-refractivity contribution is -0.111. The molecular weight excluding hydrogens is 448 g/mol. The Morgan fingerprint density at radius 3 is 2.58 bits per heavy atom. The van der Waals surface area contributed by atoms with Crippen LogP contribution >= 0.6 is 0 Å². The minimum atomic E-state index is -0.218. The Morgan fingerprint density at radius 1 is 0.972 bits per heavy atom. The predicted molar refractivity (Wildman–Crippen MR) is 146 cm³/mol. The van der Waals surface area contributed by atoms with Crippen molar-refractivity contribution in [2.45, 2.75) is 27.7 Å². The highest BCUT2D eigenvalue weighted by Crippen LogP contribution is 2.38. The van der Waals surface area contributed by atoms with Crippen molar-refractivity contribution >= 4 is 39.0 Å². The van der Waals surface area contributed by atoms with E-state index in [1.165, 1.54) is 11.1 Å². The Balaban J connectivity index is 1.52. The van der Waals surface area contributed by atoms with E-state index in [4.69, 9.17) is 9.15 Å². The highest BCUT2D eigenvalue weighted by Gasteiger charge is 2.16. The van der Waals surface area contributed by atoms with Gasteiger partial charge >= 0.3 is 0 Å². The quantitative estimate of drug-likeness (QED) is 0.265. The minimum Gasteiger partial charge on any atom is -0.496 e. The number of benzene rings is 3. The molecule has 36 heavy (non-hydrogen) atoms. The van der Waals surface area contributed by atoms with Gasteiger partial charge in [0.15, 0.2) is 0 Å². The number of allylic oxidation sites excluding steroid dienone is 1. The zero-order valence-corrected chi connectivity index (χ0v) is 21.1.